The molecule has 1 aliphatic heterocycles. The number of halogens is 3. The van der Waals surface area contributed by atoms with Gasteiger partial charge in [0.05, 0.1) is 12.6 Å². The summed E-state index contributed by atoms with van der Waals surface area (Å²) in [6.07, 6.45) is -0.140. The fourth-order valence-corrected chi connectivity index (χ4v) is 2.47. The Kier molecular flexibility index (Phi) is 3.70. The molecular formula is C11H10F3NO2S. The Morgan fingerprint density at radius 2 is 2.06 bits per heavy atom. The number of hydrogen-bond donors (Lipinski definition) is 1. The summed E-state index contributed by atoms with van der Waals surface area (Å²) >= 11 is -0.170. The number of nitrogens with one attached hydrogen (secondary N) is 1. The molecule has 98 valence electrons. The number of carbonyl (C=O) groups excluding carboxylic acids is 1. The van der Waals surface area contributed by atoms with Gasteiger partial charge in [0.15, 0.2) is 0 Å². The maximum absolute atomic E-state index is 12.4. The summed E-state index contributed by atoms with van der Waals surface area (Å²) in [4.78, 5) is 11.2. The Morgan fingerprint density at radius 1 is 1.33 bits per heavy atom. The first-order valence-electron chi connectivity index (χ1n) is 5.24. The zero-order valence-electron chi connectivity index (χ0n) is 9.16. The smallest absolute Gasteiger partial charge is 0.446 e. The monoisotopic (exact) mass is 277 g/mol. The van der Waals surface area contributed by atoms with Crippen molar-refractivity contribution in [2.45, 2.75) is 22.9 Å². The van der Waals surface area contributed by atoms with Crippen LogP contribution in [0, 0.1) is 0 Å². The Hall–Kier alpha value is -1.37. The summed E-state index contributed by atoms with van der Waals surface area (Å²) in [5.41, 5.74) is -3.87. The highest BCUT2D eigenvalue weighted by Crippen LogP contribution is 2.40. The first-order valence-corrected chi connectivity index (χ1v) is 6.05. The minimum Gasteiger partial charge on any atom is -0.449 e. The molecule has 0 unspecified atom stereocenters. The lowest BCUT2D eigenvalue weighted by Gasteiger charge is -2.25. The van der Waals surface area contributed by atoms with E-state index in [4.69, 9.17) is 4.74 Å². The Morgan fingerprint density at radius 3 is 2.72 bits per heavy atom. The van der Waals surface area contributed by atoms with Crippen molar-refractivity contribution in [1.82, 2.24) is 5.32 Å². The molecule has 1 heterocycles. The van der Waals surface area contributed by atoms with E-state index in [1.54, 1.807) is 18.2 Å². The van der Waals surface area contributed by atoms with Crippen LogP contribution in [0.2, 0.25) is 0 Å². The van der Waals surface area contributed by atoms with Gasteiger partial charge in [0.25, 0.3) is 0 Å². The van der Waals surface area contributed by atoms with Crippen molar-refractivity contribution in [3.63, 3.8) is 0 Å². The van der Waals surface area contributed by atoms with Gasteiger partial charge in [-0.2, -0.15) is 13.2 Å². The predicted molar refractivity (Wildman–Crippen MR) is 60.2 cm³/mol. The molecule has 1 amide bonds. The minimum atomic E-state index is -4.34. The van der Waals surface area contributed by atoms with E-state index in [0.717, 1.165) is 0 Å². The standard InChI is InChI=1S/C11H10F3NO2S/c12-11(13,14)18-9-4-2-1-3-7(9)8-5-6-17-10(16)15-8/h1-4,8H,5-6H2,(H,15,16)/t8-/m0/s1. The zero-order chi connectivity index (χ0) is 13.2. The summed E-state index contributed by atoms with van der Waals surface area (Å²) in [5, 5.41) is 2.52. The van der Waals surface area contributed by atoms with Crippen LogP contribution in [0.5, 0.6) is 0 Å². The Balaban J connectivity index is 2.24. The Labute approximate surface area is 106 Å². The number of alkyl halides is 3. The number of rotatable bonds is 2. The molecule has 2 rings (SSSR count). The fraction of sp³-hybridized carbons (Fsp3) is 0.364. The maximum atomic E-state index is 12.4. The normalized spacial score (nSPS) is 20.2. The van der Waals surface area contributed by atoms with Crippen LogP contribution in [0.4, 0.5) is 18.0 Å². The molecular weight excluding hydrogens is 267 g/mol. The molecule has 3 nitrogen and oxygen atoms in total. The number of carbonyl (C=O) groups is 1. The van der Waals surface area contributed by atoms with Gasteiger partial charge in [-0.15, -0.1) is 0 Å². The third-order valence-corrected chi connectivity index (χ3v) is 3.28. The molecule has 7 heteroatoms. The summed E-state index contributed by atoms with van der Waals surface area (Å²) in [7, 11) is 0. The lowest BCUT2D eigenvalue weighted by Crippen LogP contribution is -2.35. The summed E-state index contributed by atoms with van der Waals surface area (Å²) in [5.74, 6) is 0. The minimum absolute atomic E-state index is 0.109. The Bertz CT molecular complexity index is 450. The molecule has 1 N–H and O–H groups in total. The number of ether oxygens (including phenoxy) is 1. The van der Waals surface area contributed by atoms with E-state index in [9.17, 15) is 18.0 Å². The predicted octanol–water partition coefficient (Wildman–Crippen LogP) is 3.47. The van der Waals surface area contributed by atoms with Crippen LogP contribution in [0.3, 0.4) is 0 Å². The van der Waals surface area contributed by atoms with Crippen LogP contribution < -0.4 is 5.32 Å². The number of cyclic esters (lactones) is 1. The van der Waals surface area contributed by atoms with E-state index in [1.807, 2.05) is 0 Å². The molecule has 0 aliphatic carbocycles. The first-order chi connectivity index (χ1) is 8.46. The fourth-order valence-electron chi connectivity index (χ4n) is 1.74. The van der Waals surface area contributed by atoms with Gasteiger partial charge in [0, 0.05) is 11.3 Å². The van der Waals surface area contributed by atoms with Crippen LogP contribution in [-0.2, 0) is 4.74 Å². The molecule has 1 atom stereocenters. The van der Waals surface area contributed by atoms with E-state index >= 15 is 0 Å². The second kappa shape index (κ2) is 5.09. The van der Waals surface area contributed by atoms with Crippen molar-refractivity contribution in [1.29, 1.82) is 0 Å². The topological polar surface area (TPSA) is 38.3 Å². The van der Waals surface area contributed by atoms with Crippen molar-refractivity contribution in [2.24, 2.45) is 0 Å². The molecule has 0 saturated carbocycles. The van der Waals surface area contributed by atoms with Gasteiger partial charge in [-0.25, -0.2) is 4.79 Å². The lowest BCUT2D eigenvalue weighted by molar-refractivity contribution is -0.0328. The number of hydrogen-bond acceptors (Lipinski definition) is 3. The molecule has 1 saturated heterocycles. The molecule has 1 aliphatic rings. The average Bonchev–Trinajstić information content (AvgIpc) is 2.27. The van der Waals surface area contributed by atoms with Crippen molar-refractivity contribution >= 4 is 17.9 Å². The van der Waals surface area contributed by atoms with Gasteiger partial charge in [0.2, 0.25) is 0 Å². The highest BCUT2D eigenvalue weighted by molar-refractivity contribution is 8.00. The molecule has 18 heavy (non-hydrogen) atoms. The third-order valence-electron chi connectivity index (χ3n) is 2.45. The van der Waals surface area contributed by atoms with Gasteiger partial charge < -0.3 is 10.1 Å². The van der Waals surface area contributed by atoms with Gasteiger partial charge >= 0.3 is 11.6 Å². The van der Waals surface area contributed by atoms with Crippen LogP contribution in [-0.4, -0.2) is 18.2 Å². The maximum Gasteiger partial charge on any atom is 0.446 e. The largest absolute Gasteiger partial charge is 0.449 e. The van der Waals surface area contributed by atoms with E-state index in [0.29, 0.717) is 12.0 Å². The first kappa shape index (κ1) is 13.1. The highest BCUT2D eigenvalue weighted by atomic mass is 32.2. The SMILES string of the molecule is O=C1N[C@H](c2ccccc2SC(F)(F)F)CCO1. The van der Waals surface area contributed by atoms with Gasteiger partial charge in [-0.3, -0.25) is 0 Å². The number of benzene rings is 1. The second-order valence-electron chi connectivity index (χ2n) is 3.71. The molecule has 0 bridgehead atoms. The van der Waals surface area contributed by atoms with Crippen molar-refractivity contribution in [2.75, 3.05) is 6.61 Å². The summed E-state index contributed by atoms with van der Waals surface area (Å²) in [6.45, 7) is 0.210. The van der Waals surface area contributed by atoms with Crippen molar-refractivity contribution in [3.8, 4) is 0 Å². The number of thioether (sulfide) groups is 1. The zero-order valence-corrected chi connectivity index (χ0v) is 9.98. The average molecular weight is 277 g/mol. The van der Waals surface area contributed by atoms with Crippen molar-refractivity contribution in [3.05, 3.63) is 29.8 Å². The highest BCUT2D eigenvalue weighted by Gasteiger charge is 2.32. The summed E-state index contributed by atoms with van der Waals surface area (Å²) < 4.78 is 41.9. The van der Waals surface area contributed by atoms with Crippen LogP contribution >= 0.6 is 11.8 Å². The third kappa shape index (κ3) is 3.32. The van der Waals surface area contributed by atoms with E-state index in [-0.39, 0.29) is 23.3 Å². The molecule has 1 fully saturated rings. The second-order valence-corrected chi connectivity index (χ2v) is 4.81. The van der Waals surface area contributed by atoms with Gasteiger partial charge in [-0.1, -0.05) is 18.2 Å². The van der Waals surface area contributed by atoms with Crippen LogP contribution in [0.25, 0.3) is 0 Å². The molecule has 0 radical (unpaired) electrons. The molecule has 0 aromatic heterocycles. The molecule has 1 aromatic carbocycles. The molecule has 1 aromatic rings. The van der Waals surface area contributed by atoms with Gasteiger partial charge in [0.1, 0.15) is 0 Å². The van der Waals surface area contributed by atoms with E-state index in [2.05, 4.69) is 5.32 Å². The van der Waals surface area contributed by atoms with Crippen molar-refractivity contribution < 1.29 is 22.7 Å². The van der Waals surface area contributed by atoms with Crippen LogP contribution in [0.15, 0.2) is 29.2 Å². The summed E-state index contributed by atoms with van der Waals surface area (Å²) in [6, 6.07) is 5.74. The molecule has 0 spiro atoms. The van der Waals surface area contributed by atoms with E-state index in [1.165, 1.54) is 6.07 Å². The van der Waals surface area contributed by atoms with Gasteiger partial charge in [-0.05, 0) is 23.4 Å². The number of alkyl carbamates (subject to hydrolysis) is 1. The quantitative estimate of drug-likeness (QED) is 0.841. The van der Waals surface area contributed by atoms with E-state index < -0.39 is 17.6 Å². The van der Waals surface area contributed by atoms with Crippen LogP contribution in [0.1, 0.15) is 18.0 Å². The number of amides is 1. The lowest BCUT2D eigenvalue weighted by atomic mass is 10.0.